The van der Waals surface area contributed by atoms with Crippen molar-refractivity contribution in [3.8, 4) is 5.75 Å². The topological polar surface area (TPSA) is 120 Å². The highest BCUT2D eigenvalue weighted by Crippen LogP contribution is 2.16. The summed E-state index contributed by atoms with van der Waals surface area (Å²) in [5.74, 6) is 0.254. The average Bonchev–Trinajstić information content (AvgIpc) is 2.73. The van der Waals surface area contributed by atoms with E-state index in [2.05, 4.69) is 10.5 Å². The van der Waals surface area contributed by atoms with Crippen LogP contribution in [0.4, 0.5) is 11.4 Å². The molecule has 0 saturated carbocycles. The number of nitrogens with two attached hydrogens (primary N) is 1. The van der Waals surface area contributed by atoms with Gasteiger partial charge >= 0.3 is 0 Å². The number of benzene rings is 3. The van der Waals surface area contributed by atoms with Gasteiger partial charge in [-0.15, -0.1) is 0 Å². The molecule has 8 nitrogen and oxygen atoms in total. The van der Waals surface area contributed by atoms with Crippen molar-refractivity contribution in [3.05, 3.63) is 99.6 Å². The third kappa shape index (κ3) is 5.39. The van der Waals surface area contributed by atoms with Gasteiger partial charge in [0.15, 0.2) is 0 Å². The van der Waals surface area contributed by atoms with Crippen molar-refractivity contribution in [1.29, 1.82) is 0 Å². The highest BCUT2D eigenvalue weighted by Gasteiger charge is 2.07. The number of nitro benzene ring substituents is 1. The Morgan fingerprint density at radius 1 is 1.07 bits per heavy atom. The van der Waals surface area contributed by atoms with Crippen molar-refractivity contribution in [2.24, 2.45) is 5.10 Å². The zero-order valence-electron chi connectivity index (χ0n) is 15.3. The molecule has 0 radical (unpaired) electrons. The first-order valence-electron chi connectivity index (χ1n) is 8.67. The lowest BCUT2D eigenvalue weighted by Gasteiger charge is -2.06. The van der Waals surface area contributed by atoms with Crippen molar-refractivity contribution >= 4 is 23.5 Å². The molecular formula is C21H18N4O4. The molecule has 3 N–H and O–H groups in total. The summed E-state index contributed by atoms with van der Waals surface area (Å²) in [6.07, 6.45) is 1.51. The maximum atomic E-state index is 12.0. The number of nitro groups is 1. The summed E-state index contributed by atoms with van der Waals surface area (Å²) >= 11 is 0. The molecule has 0 fully saturated rings. The maximum absolute atomic E-state index is 12.0. The van der Waals surface area contributed by atoms with Crippen LogP contribution in [0, 0.1) is 10.1 Å². The van der Waals surface area contributed by atoms with E-state index < -0.39 is 4.92 Å². The highest BCUT2D eigenvalue weighted by atomic mass is 16.6. The molecule has 0 aliphatic carbocycles. The van der Waals surface area contributed by atoms with E-state index in [1.165, 1.54) is 18.3 Å². The Kier molecular flexibility index (Phi) is 6.16. The maximum Gasteiger partial charge on any atom is 0.273 e. The van der Waals surface area contributed by atoms with Gasteiger partial charge in [0.2, 0.25) is 0 Å². The third-order valence-electron chi connectivity index (χ3n) is 4.02. The van der Waals surface area contributed by atoms with Gasteiger partial charge in [0, 0.05) is 17.8 Å². The van der Waals surface area contributed by atoms with Crippen LogP contribution in [-0.4, -0.2) is 17.0 Å². The fourth-order valence-electron chi connectivity index (χ4n) is 2.46. The average molecular weight is 390 g/mol. The number of hydrazone groups is 1. The van der Waals surface area contributed by atoms with Crippen LogP contribution in [0.1, 0.15) is 21.5 Å². The Morgan fingerprint density at radius 3 is 2.41 bits per heavy atom. The van der Waals surface area contributed by atoms with Gasteiger partial charge in [-0.25, -0.2) is 5.43 Å². The number of nitrogens with zero attached hydrogens (tertiary/aromatic N) is 2. The number of rotatable bonds is 7. The zero-order valence-corrected chi connectivity index (χ0v) is 15.3. The number of nitrogen functional groups attached to an aromatic ring is 1. The molecule has 3 aromatic rings. The standard InChI is InChI=1S/C21H18N4O4/c22-20-4-2-1-3-19(20)21(26)24-23-13-15-7-11-18(12-8-15)29-14-16-5-9-17(10-6-16)25(27)28/h1-13H,14,22H2,(H,24,26)/b23-13-. The Balaban J connectivity index is 1.52. The molecule has 1 amide bonds. The van der Waals surface area contributed by atoms with E-state index in [4.69, 9.17) is 10.5 Å². The lowest BCUT2D eigenvalue weighted by atomic mass is 10.2. The van der Waals surface area contributed by atoms with Gasteiger partial charge in [-0.3, -0.25) is 14.9 Å². The molecule has 0 unspecified atom stereocenters. The summed E-state index contributed by atoms with van der Waals surface area (Å²) in [5, 5.41) is 14.6. The van der Waals surface area contributed by atoms with Gasteiger partial charge in [0.1, 0.15) is 12.4 Å². The molecular weight excluding hydrogens is 372 g/mol. The van der Waals surface area contributed by atoms with E-state index in [1.807, 2.05) is 0 Å². The number of hydrogen-bond acceptors (Lipinski definition) is 6. The second kappa shape index (κ2) is 9.14. The van der Waals surface area contributed by atoms with Gasteiger partial charge in [-0.05, 0) is 59.7 Å². The molecule has 146 valence electrons. The fraction of sp³-hybridized carbons (Fsp3) is 0.0476. The number of para-hydroxylation sites is 1. The predicted molar refractivity (Wildman–Crippen MR) is 110 cm³/mol. The van der Waals surface area contributed by atoms with Crippen molar-refractivity contribution in [1.82, 2.24) is 5.43 Å². The van der Waals surface area contributed by atoms with Crippen molar-refractivity contribution in [2.75, 3.05) is 5.73 Å². The summed E-state index contributed by atoms with van der Waals surface area (Å²) in [6, 6.07) is 20.0. The van der Waals surface area contributed by atoms with Crippen LogP contribution in [0.25, 0.3) is 0 Å². The molecule has 0 aliphatic heterocycles. The molecule has 0 atom stereocenters. The first kappa shape index (κ1) is 19.6. The molecule has 29 heavy (non-hydrogen) atoms. The van der Waals surface area contributed by atoms with E-state index >= 15 is 0 Å². The lowest BCUT2D eigenvalue weighted by Crippen LogP contribution is -2.18. The molecule has 8 heteroatoms. The number of amides is 1. The quantitative estimate of drug-likeness (QED) is 0.277. The van der Waals surface area contributed by atoms with E-state index in [0.717, 1.165) is 11.1 Å². The molecule has 3 aromatic carbocycles. The number of non-ortho nitro benzene ring substituents is 1. The van der Waals surface area contributed by atoms with Crippen LogP contribution in [0.15, 0.2) is 77.9 Å². The monoisotopic (exact) mass is 390 g/mol. The van der Waals surface area contributed by atoms with E-state index in [-0.39, 0.29) is 11.6 Å². The SMILES string of the molecule is Nc1ccccc1C(=O)N/N=C\c1ccc(OCc2ccc([N+](=O)[O-])cc2)cc1. The number of carbonyl (C=O) groups excluding carboxylic acids is 1. The normalized spacial score (nSPS) is 10.6. The molecule has 0 saturated heterocycles. The second-order valence-electron chi connectivity index (χ2n) is 6.07. The van der Waals surface area contributed by atoms with Crippen molar-refractivity contribution < 1.29 is 14.5 Å². The minimum Gasteiger partial charge on any atom is -0.489 e. The Labute approximate surface area is 166 Å². The number of ether oxygens (including phenoxy) is 1. The Morgan fingerprint density at radius 2 is 1.76 bits per heavy atom. The van der Waals surface area contributed by atoms with Crippen LogP contribution in [0.2, 0.25) is 0 Å². The smallest absolute Gasteiger partial charge is 0.273 e. The second-order valence-corrected chi connectivity index (χ2v) is 6.07. The largest absolute Gasteiger partial charge is 0.489 e. The number of carbonyl (C=O) groups is 1. The number of anilines is 1. The van der Waals surface area contributed by atoms with Crippen LogP contribution >= 0.6 is 0 Å². The van der Waals surface area contributed by atoms with Crippen molar-refractivity contribution in [3.63, 3.8) is 0 Å². The van der Waals surface area contributed by atoms with E-state index in [0.29, 0.717) is 23.6 Å². The zero-order chi connectivity index (χ0) is 20.6. The van der Waals surface area contributed by atoms with Crippen LogP contribution in [-0.2, 0) is 6.61 Å². The Bertz CT molecular complexity index is 1030. The van der Waals surface area contributed by atoms with Gasteiger partial charge < -0.3 is 10.5 Å². The molecule has 0 bridgehead atoms. The molecule has 0 aliphatic rings. The molecule has 3 rings (SSSR count). The summed E-state index contributed by atoms with van der Waals surface area (Å²) in [6.45, 7) is 0.292. The fourth-order valence-corrected chi connectivity index (χ4v) is 2.46. The summed E-state index contributed by atoms with van der Waals surface area (Å²) in [7, 11) is 0. The number of hydrogen-bond donors (Lipinski definition) is 2. The molecule has 0 aromatic heterocycles. The predicted octanol–water partition coefficient (Wildman–Crippen LogP) is 3.52. The summed E-state index contributed by atoms with van der Waals surface area (Å²) in [5.41, 5.74) is 10.6. The van der Waals surface area contributed by atoms with Crippen LogP contribution in [0.5, 0.6) is 5.75 Å². The van der Waals surface area contributed by atoms with Gasteiger partial charge in [0.05, 0.1) is 16.7 Å². The van der Waals surface area contributed by atoms with Crippen LogP contribution < -0.4 is 15.9 Å². The molecule has 0 spiro atoms. The first-order chi connectivity index (χ1) is 14.0. The van der Waals surface area contributed by atoms with Crippen molar-refractivity contribution in [2.45, 2.75) is 6.61 Å². The summed E-state index contributed by atoms with van der Waals surface area (Å²) in [4.78, 5) is 22.2. The Hall–Kier alpha value is -4.20. The van der Waals surface area contributed by atoms with E-state index in [1.54, 1.807) is 60.7 Å². The number of nitrogens with one attached hydrogen (secondary N) is 1. The summed E-state index contributed by atoms with van der Waals surface area (Å²) < 4.78 is 5.66. The van der Waals surface area contributed by atoms with Gasteiger partial charge in [-0.1, -0.05) is 12.1 Å². The first-order valence-corrected chi connectivity index (χ1v) is 8.67. The van der Waals surface area contributed by atoms with Gasteiger partial charge in [-0.2, -0.15) is 5.10 Å². The lowest BCUT2D eigenvalue weighted by molar-refractivity contribution is -0.384. The highest BCUT2D eigenvalue weighted by molar-refractivity contribution is 5.99. The minimum atomic E-state index is -0.442. The third-order valence-corrected chi connectivity index (χ3v) is 4.02. The van der Waals surface area contributed by atoms with Gasteiger partial charge in [0.25, 0.3) is 11.6 Å². The molecule has 0 heterocycles. The van der Waals surface area contributed by atoms with E-state index in [9.17, 15) is 14.9 Å². The minimum absolute atomic E-state index is 0.0411. The van der Waals surface area contributed by atoms with Crippen LogP contribution in [0.3, 0.4) is 0 Å².